The molecule has 0 amide bonds. The molecule has 0 heterocycles. The van der Waals surface area contributed by atoms with Gasteiger partial charge in [-0.05, 0) is 62.1 Å². The van der Waals surface area contributed by atoms with E-state index in [1.165, 1.54) is 6.07 Å². The van der Waals surface area contributed by atoms with Gasteiger partial charge in [-0.2, -0.15) is 0 Å². The summed E-state index contributed by atoms with van der Waals surface area (Å²) in [4.78, 5) is 10.5. The van der Waals surface area contributed by atoms with E-state index in [-0.39, 0.29) is 23.8 Å². The normalized spacial score (nSPS) is 24.3. The Kier molecular flexibility index (Phi) is 9.70. The molecule has 1 aromatic carbocycles. The van der Waals surface area contributed by atoms with Crippen LogP contribution in [0.5, 0.6) is 0 Å². The zero-order valence-corrected chi connectivity index (χ0v) is 16.9. The molecule has 1 fully saturated rings. The number of rotatable bonds is 10. The van der Waals surface area contributed by atoms with Gasteiger partial charge in [0, 0.05) is 12.0 Å². The SMILES string of the molecule is O=C(O)CCCCCC[C@H]1[C@@H](O)CC(O)[C@@H]1CCC(O)C#Cc1ccc(F)c(F)c1. The molecule has 0 bridgehead atoms. The van der Waals surface area contributed by atoms with E-state index in [9.17, 15) is 28.9 Å². The Morgan fingerprint density at radius 3 is 2.37 bits per heavy atom. The number of benzene rings is 1. The molecule has 1 aromatic rings. The summed E-state index contributed by atoms with van der Waals surface area (Å²) in [5.74, 6) is 2.28. The molecule has 0 aliphatic heterocycles. The molecule has 166 valence electrons. The van der Waals surface area contributed by atoms with Crippen LogP contribution in [0, 0.1) is 35.3 Å². The fraction of sp³-hybridized carbons (Fsp3) is 0.609. The molecule has 1 aliphatic rings. The van der Waals surface area contributed by atoms with Crippen LogP contribution in [0.4, 0.5) is 8.78 Å². The predicted octanol–water partition coefficient (Wildman–Crippen LogP) is 3.24. The zero-order chi connectivity index (χ0) is 22.1. The van der Waals surface area contributed by atoms with Gasteiger partial charge in [0.25, 0.3) is 0 Å². The highest BCUT2D eigenvalue weighted by Gasteiger charge is 2.40. The summed E-state index contributed by atoms with van der Waals surface area (Å²) in [6.07, 6.45) is 3.00. The van der Waals surface area contributed by atoms with Crippen molar-refractivity contribution in [2.45, 2.75) is 76.1 Å². The lowest BCUT2D eigenvalue weighted by Crippen LogP contribution is -2.23. The summed E-state index contributed by atoms with van der Waals surface area (Å²) in [5, 5.41) is 39.3. The van der Waals surface area contributed by atoms with Crippen molar-refractivity contribution in [2.75, 3.05) is 0 Å². The Balaban J connectivity index is 1.80. The van der Waals surface area contributed by atoms with Gasteiger partial charge < -0.3 is 20.4 Å². The van der Waals surface area contributed by atoms with E-state index >= 15 is 0 Å². The quantitative estimate of drug-likeness (QED) is 0.342. The molecule has 4 N–H and O–H groups in total. The molecule has 30 heavy (non-hydrogen) atoms. The maximum Gasteiger partial charge on any atom is 0.303 e. The lowest BCUT2D eigenvalue weighted by Gasteiger charge is -2.24. The number of carbonyl (C=O) groups is 1. The number of halogens is 2. The molecule has 7 heteroatoms. The average Bonchev–Trinajstić information content (AvgIpc) is 2.96. The summed E-state index contributed by atoms with van der Waals surface area (Å²) in [7, 11) is 0. The van der Waals surface area contributed by atoms with E-state index in [1.807, 2.05) is 0 Å². The fourth-order valence-corrected chi connectivity index (χ4v) is 4.15. The van der Waals surface area contributed by atoms with E-state index in [4.69, 9.17) is 5.11 Å². The molecule has 2 rings (SSSR count). The largest absolute Gasteiger partial charge is 0.481 e. The Hall–Kier alpha value is -2.01. The van der Waals surface area contributed by atoms with Gasteiger partial charge in [-0.15, -0.1) is 0 Å². The molecule has 5 nitrogen and oxygen atoms in total. The van der Waals surface area contributed by atoms with E-state index < -0.39 is 35.9 Å². The van der Waals surface area contributed by atoms with Crippen molar-refractivity contribution >= 4 is 5.97 Å². The van der Waals surface area contributed by atoms with Gasteiger partial charge in [-0.3, -0.25) is 4.79 Å². The molecule has 1 aliphatic carbocycles. The molecule has 0 saturated heterocycles. The Morgan fingerprint density at radius 1 is 1.03 bits per heavy atom. The Bertz CT molecular complexity index is 758. The van der Waals surface area contributed by atoms with Crippen LogP contribution in [0.1, 0.15) is 63.4 Å². The van der Waals surface area contributed by atoms with E-state index in [0.717, 1.165) is 37.8 Å². The smallest absolute Gasteiger partial charge is 0.303 e. The number of hydrogen-bond donors (Lipinski definition) is 4. The molecule has 5 atom stereocenters. The van der Waals surface area contributed by atoms with E-state index in [1.54, 1.807) is 0 Å². The van der Waals surface area contributed by atoms with Crippen LogP contribution in [-0.4, -0.2) is 44.7 Å². The lowest BCUT2D eigenvalue weighted by atomic mass is 9.85. The number of carboxylic acid groups (broad SMARTS) is 1. The van der Waals surface area contributed by atoms with Gasteiger partial charge in [0.1, 0.15) is 6.10 Å². The first-order chi connectivity index (χ1) is 14.3. The molecular formula is C23H30F2O5. The second-order valence-corrected chi connectivity index (χ2v) is 8.04. The average molecular weight is 424 g/mol. The molecule has 0 aromatic heterocycles. The zero-order valence-electron chi connectivity index (χ0n) is 16.9. The van der Waals surface area contributed by atoms with Crippen molar-refractivity contribution in [1.82, 2.24) is 0 Å². The van der Waals surface area contributed by atoms with Crippen LogP contribution in [0.15, 0.2) is 18.2 Å². The number of aliphatic hydroxyl groups is 3. The Morgan fingerprint density at radius 2 is 1.70 bits per heavy atom. The molecule has 0 radical (unpaired) electrons. The fourth-order valence-electron chi connectivity index (χ4n) is 4.15. The highest BCUT2D eigenvalue weighted by molar-refractivity contribution is 5.66. The number of aliphatic hydroxyl groups excluding tert-OH is 3. The number of unbranched alkanes of at least 4 members (excludes halogenated alkanes) is 3. The Labute approximate surface area is 175 Å². The van der Waals surface area contributed by atoms with Gasteiger partial charge in [0.15, 0.2) is 11.6 Å². The van der Waals surface area contributed by atoms with Gasteiger partial charge in [0.2, 0.25) is 0 Å². The first-order valence-electron chi connectivity index (χ1n) is 10.5. The molecular weight excluding hydrogens is 394 g/mol. The van der Waals surface area contributed by atoms with Crippen molar-refractivity contribution in [2.24, 2.45) is 11.8 Å². The standard InChI is InChI=1S/C23H30F2O5/c24-19-12-8-15(13-20(19)25)7-9-16(26)10-11-18-17(21(27)14-22(18)28)5-3-1-2-4-6-23(29)30/h8,12-13,16-18,21-22,26-28H,1-6,10-11,14H2,(H,29,30)/t16?,17-,18-,21+,22?/m1/s1. The highest BCUT2D eigenvalue weighted by atomic mass is 19.2. The van der Waals surface area contributed by atoms with Crippen molar-refractivity contribution < 1.29 is 34.0 Å². The van der Waals surface area contributed by atoms with E-state index in [0.29, 0.717) is 25.7 Å². The van der Waals surface area contributed by atoms with Crippen LogP contribution in [0.25, 0.3) is 0 Å². The number of carboxylic acids is 1. The van der Waals surface area contributed by atoms with Crippen LogP contribution < -0.4 is 0 Å². The van der Waals surface area contributed by atoms with Gasteiger partial charge in [-0.25, -0.2) is 8.78 Å². The van der Waals surface area contributed by atoms with Crippen molar-refractivity contribution in [1.29, 1.82) is 0 Å². The lowest BCUT2D eigenvalue weighted by molar-refractivity contribution is -0.137. The third kappa shape index (κ3) is 7.67. The summed E-state index contributed by atoms with van der Waals surface area (Å²) >= 11 is 0. The highest BCUT2D eigenvalue weighted by Crippen LogP contribution is 2.39. The summed E-state index contributed by atoms with van der Waals surface area (Å²) in [6.45, 7) is 0. The predicted molar refractivity (Wildman–Crippen MR) is 107 cm³/mol. The minimum absolute atomic E-state index is 0.0640. The molecule has 2 unspecified atom stereocenters. The third-order valence-electron chi connectivity index (χ3n) is 5.78. The summed E-state index contributed by atoms with van der Waals surface area (Å²) < 4.78 is 26.1. The number of hydrogen-bond acceptors (Lipinski definition) is 4. The third-order valence-corrected chi connectivity index (χ3v) is 5.78. The number of aliphatic carboxylic acids is 1. The first kappa shape index (κ1) is 24.3. The van der Waals surface area contributed by atoms with Gasteiger partial charge in [-0.1, -0.05) is 31.1 Å². The van der Waals surface area contributed by atoms with Crippen molar-refractivity contribution in [3.63, 3.8) is 0 Å². The van der Waals surface area contributed by atoms with Crippen LogP contribution >= 0.6 is 0 Å². The van der Waals surface area contributed by atoms with Crippen molar-refractivity contribution in [3.05, 3.63) is 35.4 Å². The first-order valence-corrected chi connectivity index (χ1v) is 10.5. The minimum atomic E-state index is -0.995. The summed E-state index contributed by atoms with van der Waals surface area (Å²) in [6, 6.07) is 3.29. The van der Waals surface area contributed by atoms with Gasteiger partial charge >= 0.3 is 5.97 Å². The van der Waals surface area contributed by atoms with Crippen LogP contribution in [0.2, 0.25) is 0 Å². The maximum atomic E-state index is 13.2. The minimum Gasteiger partial charge on any atom is -0.481 e. The second kappa shape index (κ2) is 12.0. The topological polar surface area (TPSA) is 98.0 Å². The monoisotopic (exact) mass is 424 g/mol. The molecule has 1 saturated carbocycles. The van der Waals surface area contributed by atoms with E-state index in [2.05, 4.69) is 11.8 Å². The van der Waals surface area contributed by atoms with Crippen LogP contribution in [-0.2, 0) is 4.79 Å². The van der Waals surface area contributed by atoms with Crippen molar-refractivity contribution in [3.8, 4) is 11.8 Å². The second-order valence-electron chi connectivity index (χ2n) is 8.04. The maximum absolute atomic E-state index is 13.2. The van der Waals surface area contributed by atoms with Gasteiger partial charge in [0.05, 0.1) is 12.2 Å². The summed E-state index contributed by atoms with van der Waals surface area (Å²) in [5.41, 5.74) is 0.269. The molecule has 0 spiro atoms. The van der Waals surface area contributed by atoms with Crippen LogP contribution in [0.3, 0.4) is 0 Å².